The molecule has 1 N–H and O–H groups in total. The number of halogens is 1. The number of benzene rings is 2. The quantitative estimate of drug-likeness (QED) is 0.842. The summed E-state index contributed by atoms with van der Waals surface area (Å²) in [5.41, 5.74) is 6.59. The van der Waals surface area contributed by atoms with Gasteiger partial charge < -0.3 is 5.32 Å². The number of aryl methyl sites for hydroxylation is 3. The zero-order valence-corrected chi connectivity index (χ0v) is 12.6. The van der Waals surface area contributed by atoms with E-state index in [1.807, 2.05) is 0 Å². The van der Waals surface area contributed by atoms with Gasteiger partial charge >= 0.3 is 0 Å². The molecule has 2 aromatic carbocycles. The molecule has 18 heavy (non-hydrogen) atoms. The van der Waals surface area contributed by atoms with Crippen LogP contribution in [0.5, 0.6) is 0 Å². The van der Waals surface area contributed by atoms with Crippen LogP contribution in [0.2, 0.25) is 0 Å². The van der Waals surface area contributed by atoms with Gasteiger partial charge in [0.25, 0.3) is 0 Å². The van der Waals surface area contributed by atoms with Crippen LogP contribution in [0.3, 0.4) is 0 Å². The van der Waals surface area contributed by atoms with Crippen LogP contribution in [-0.2, 0) is 6.54 Å². The lowest BCUT2D eigenvalue weighted by molar-refractivity contribution is 1.08. The molecule has 2 aromatic rings. The van der Waals surface area contributed by atoms with Gasteiger partial charge in [0, 0.05) is 16.7 Å². The molecule has 0 saturated carbocycles. The summed E-state index contributed by atoms with van der Waals surface area (Å²) in [5, 5.41) is 3.47. The van der Waals surface area contributed by atoms with E-state index in [0.29, 0.717) is 0 Å². The highest BCUT2D eigenvalue weighted by atomic mass is 79.9. The Morgan fingerprint density at radius 2 is 1.50 bits per heavy atom. The Morgan fingerprint density at radius 3 is 2.06 bits per heavy atom. The molecule has 94 valence electrons. The number of nitrogens with one attached hydrogen (secondary N) is 1. The minimum Gasteiger partial charge on any atom is -0.381 e. The van der Waals surface area contributed by atoms with Crippen molar-refractivity contribution < 1.29 is 0 Å². The van der Waals surface area contributed by atoms with Gasteiger partial charge in [0.15, 0.2) is 0 Å². The molecule has 0 unspecified atom stereocenters. The molecule has 2 rings (SSSR count). The Labute approximate surface area is 117 Å². The summed E-state index contributed by atoms with van der Waals surface area (Å²) in [4.78, 5) is 0. The van der Waals surface area contributed by atoms with Crippen molar-refractivity contribution in [1.82, 2.24) is 0 Å². The van der Waals surface area contributed by atoms with E-state index in [1.54, 1.807) is 0 Å². The Balaban J connectivity index is 2.13. The van der Waals surface area contributed by atoms with Gasteiger partial charge in [0.2, 0.25) is 0 Å². The molecule has 0 atom stereocenters. The first kappa shape index (κ1) is 13.2. The monoisotopic (exact) mass is 303 g/mol. The molecule has 0 bridgehead atoms. The third kappa shape index (κ3) is 3.14. The van der Waals surface area contributed by atoms with Gasteiger partial charge in [-0.25, -0.2) is 0 Å². The molecule has 0 fully saturated rings. The van der Waals surface area contributed by atoms with Crippen LogP contribution in [0.25, 0.3) is 0 Å². The third-order valence-corrected chi connectivity index (χ3v) is 3.68. The Bertz CT molecular complexity index is 521. The van der Waals surface area contributed by atoms with Crippen molar-refractivity contribution in [3.63, 3.8) is 0 Å². The summed E-state index contributed by atoms with van der Waals surface area (Å²) in [6.07, 6.45) is 0. The van der Waals surface area contributed by atoms with Gasteiger partial charge in [0.05, 0.1) is 0 Å². The topological polar surface area (TPSA) is 12.0 Å². The molecule has 0 heterocycles. The lowest BCUT2D eigenvalue weighted by atomic mass is 10.00. The van der Waals surface area contributed by atoms with Crippen LogP contribution in [0.4, 0.5) is 5.69 Å². The van der Waals surface area contributed by atoms with Gasteiger partial charge in [-0.1, -0.05) is 33.6 Å². The van der Waals surface area contributed by atoms with Crippen LogP contribution in [0.1, 0.15) is 22.3 Å². The number of rotatable bonds is 3. The van der Waals surface area contributed by atoms with Crippen molar-refractivity contribution in [1.29, 1.82) is 0 Å². The molecular weight excluding hydrogens is 286 g/mol. The highest BCUT2D eigenvalue weighted by Crippen LogP contribution is 2.19. The van der Waals surface area contributed by atoms with E-state index in [4.69, 9.17) is 0 Å². The summed E-state index contributed by atoms with van der Waals surface area (Å²) in [6, 6.07) is 12.8. The largest absolute Gasteiger partial charge is 0.381 e. The van der Waals surface area contributed by atoms with Gasteiger partial charge in [-0.3, -0.25) is 0 Å². The van der Waals surface area contributed by atoms with E-state index >= 15 is 0 Å². The molecule has 0 aliphatic heterocycles. The fourth-order valence-electron chi connectivity index (χ4n) is 2.25. The second-order valence-corrected chi connectivity index (χ2v) is 5.65. The van der Waals surface area contributed by atoms with Crippen molar-refractivity contribution in [3.05, 3.63) is 63.1 Å². The number of hydrogen-bond donors (Lipinski definition) is 1. The lowest BCUT2D eigenvalue weighted by Gasteiger charge is -2.13. The molecule has 0 radical (unpaired) electrons. The summed E-state index contributed by atoms with van der Waals surface area (Å²) < 4.78 is 1.11. The lowest BCUT2D eigenvalue weighted by Crippen LogP contribution is -2.03. The average Bonchev–Trinajstić information content (AvgIpc) is 2.30. The highest BCUT2D eigenvalue weighted by Gasteiger charge is 2.03. The SMILES string of the molecule is Cc1cc(C)c(CNc2ccc(Br)cc2)c(C)c1. The molecule has 0 aliphatic carbocycles. The highest BCUT2D eigenvalue weighted by molar-refractivity contribution is 9.10. The minimum absolute atomic E-state index is 0.875. The molecule has 0 aliphatic rings. The van der Waals surface area contributed by atoms with Gasteiger partial charge in [-0.2, -0.15) is 0 Å². The fourth-order valence-corrected chi connectivity index (χ4v) is 2.51. The van der Waals surface area contributed by atoms with Crippen LogP contribution >= 0.6 is 15.9 Å². The van der Waals surface area contributed by atoms with Gasteiger partial charge in [-0.05, 0) is 61.7 Å². The van der Waals surface area contributed by atoms with Crippen molar-refractivity contribution in [2.45, 2.75) is 27.3 Å². The molecule has 0 saturated heterocycles. The number of hydrogen-bond acceptors (Lipinski definition) is 1. The van der Waals surface area contributed by atoms with Crippen LogP contribution in [0.15, 0.2) is 40.9 Å². The van der Waals surface area contributed by atoms with Crippen molar-refractivity contribution in [3.8, 4) is 0 Å². The van der Waals surface area contributed by atoms with E-state index < -0.39 is 0 Å². The third-order valence-electron chi connectivity index (χ3n) is 3.15. The molecule has 2 heteroatoms. The van der Waals surface area contributed by atoms with E-state index in [0.717, 1.165) is 16.7 Å². The smallest absolute Gasteiger partial charge is 0.0406 e. The molecule has 0 aromatic heterocycles. The summed E-state index contributed by atoms with van der Waals surface area (Å²) in [7, 11) is 0. The average molecular weight is 304 g/mol. The van der Waals surface area contributed by atoms with Crippen LogP contribution in [0, 0.1) is 20.8 Å². The Morgan fingerprint density at radius 1 is 0.944 bits per heavy atom. The predicted octanol–water partition coefficient (Wildman–Crippen LogP) is 4.99. The Kier molecular flexibility index (Phi) is 4.07. The molecule has 1 nitrogen and oxygen atoms in total. The zero-order valence-electron chi connectivity index (χ0n) is 11.0. The second-order valence-electron chi connectivity index (χ2n) is 4.74. The van der Waals surface area contributed by atoms with Crippen molar-refractivity contribution in [2.24, 2.45) is 0 Å². The zero-order chi connectivity index (χ0) is 13.1. The maximum atomic E-state index is 3.47. The summed E-state index contributed by atoms with van der Waals surface area (Å²) in [5.74, 6) is 0. The predicted molar refractivity (Wildman–Crippen MR) is 82.1 cm³/mol. The Hall–Kier alpha value is -1.28. The first-order valence-electron chi connectivity index (χ1n) is 6.12. The van der Waals surface area contributed by atoms with Crippen LogP contribution in [-0.4, -0.2) is 0 Å². The molecule has 0 spiro atoms. The van der Waals surface area contributed by atoms with Crippen LogP contribution < -0.4 is 5.32 Å². The van der Waals surface area contributed by atoms with E-state index in [2.05, 4.69) is 78.4 Å². The maximum absolute atomic E-state index is 3.47. The first-order chi connectivity index (χ1) is 8.56. The normalized spacial score (nSPS) is 10.4. The maximum Gasteiger partial charge on any atom is 0.0406 e. The van der Waals surface area contributed by atoms with E-state index in [1.165, 1.54) is 22.3 Å². The summed E-state index contributed by atoms with van der Waals surface area (Å²) >= 11 is 3.44. The van der Waals surface area contributed by atoms with Crippen molar-refractivity contribution >= 4 is 21.6 Å². The van der Waals surface area contributed by atoms with E-state index in [9.17, 15) is 0 Å². The standard InChI is InChI=1S/C16H18BrN/c1-11-8-12(2)16(13(3)9-11)10-18-15-6-4-14(17)5-7-15/h4-9,18H,10H2,1-3H3. The van der Waals surface area contributed by atoms with E-state index in [-0.39, 0.29) is 0 Å². The minimum atomic E-state index is 0.875. The first-order valence-corrected chi connectivity index (χ1v) is 6.92. The van der Waals surface area contributed by atoms with Crippen molar-refractivity contribution in [2.75, 3.05) is 5.32 Å². The fraction of sp³-hybridized carbons (Fsp3) is 0.250. The second kappa shape index (κ2) is 5.57. The molecule has 0 amide bonds. The number of anilines is 1. The molecular formula is C16H18BrN. The van der Waals surface area contributed by atoms with Gasteiger partial charge in [0.1, 0.15) is 0 Å². The van der Waals surface area contributed by atoms with Gasteiger partial charge in [-0.15, -0.1) is 0 Å². The summed E-state index contributed by atoms with van der Waals surface area (Å²) in [6.45, 7) is 7.38.